The molecule has 3 rings (SSSR count). The van der Waals surface area contributed by atoms with Gasteiger partial charge in [-0.05, 0) is 68.4 Å². The van der Waals surface area contributed by atoms with Crippen LogP contribution in [-0.4, -0.2) is 31.8 Å². The van der Waals surface area contributed by atoms with Crippen LogP contribution in [0.15, 0.2) is 71.6 Å². The smallest absolute Gasteiger partial charge is 0.273 e. The van der Waals surface area contributed by atoms with Crippen molar-refractivity contribution in [2.75, 3.05) is 11.3 Å². The molecule has 3 aromatic carbocycles. The highest BCUT2D eigenvalue weighted by Crippen LogP contribution is 2.20. The van der Waals surface area contributed by atoms with Crippen LogP contribution < -0.4 is 20.3 Å². The highest BCUT2D eigenvalue weighted by atomic mass is 32.2. The van der Waals surface area contributed by atoms with Crippen LogP contribution in [0, 0.1) is 17.0 Å². The molecule has 182 valence electrons. The van der Waals surface area contributed by atoms with E-state index >= 15 is 0 Å². The molecule has 0 saturated carbocycles. The summed E-state index contributed by atoms with van der Waals surface area (Å²) in [7, 11) is -3.85. The molecule has 0 heterocycles. The van der Waals surface area contributed by atoms with E-state index in [-0.39, 0.29) is 27.4 Å². The van der Waals surface area contributed by atoms with Gasteiger partial charge in [0.15, 0.2) is 0 Å². The van der Waals surface area contributed by atoms with Gasteiger partial charge in [0.05, 0.1) is 16.4 Å². The Kier molecular flexibility index (Phi) is 7.66. The summed E-state index contributed by atoms with van der Waals surface area (Å²) in [4.78, 5) is 35.0. The summed E-state index contributed by atoms with van der Waals surface area (Å²) >= 11 is 0. The molecule has 2 amide bonds. The van der Waals surface area contributed by atoms with Gasteiger partial charge >= 0.3 is 0 Å². The zero-order chi connectivity index (χ0) is 25.6. The van der Waals surface area contributed by atoms with Gasteiger partial charge in [0.1, 0.15) is 5.75 Å². The maximum atomic E-state index is 12.6. The summed E-state index contributed by atoms with van der Waals surface area (Å²) in [5.74, 6) is -0.850. The predicted octanol–water partition coefficient (Wildman–Crippen LogP) is 3.18. The molecule has 0 fully saturated rings. The fraction of sp³-hybridized carbons (Fsp3) is 0.130. The Hall–Kier alpha value is -4.45. The molecule has 0 aliphatic rings. The van der Waals surface area contributed by atoms with Gasteiger partial charge < -0.3 is 4.74 Å². The first-order valence-electron chi connectivity index (χ1n) is 10.3. The van der Waals surface area contributed by atoms with Crippen LogP contribution >= 0.6 is 0 Å². The van der Waals surface area contributed by atoms with Crippen molar-refractivity contribution in [2.24, 2.45) is 0 Å². The number of hydrogen-bond donors (Lipinski definition) is 3. The summed E-state index contributed by atoms with van der Waals surface area (Å²) in [6, 6.07) is 15.4. The number of carbonyl (C=O) groups is 2. The first-order chi connectivity index (χ1) is 16.6. The van der Waals surface area contributed by atoms with Gasteiger partial charge in [-0.15, -0.1) is 0 Å². The Labute approximate surface area is 201 Å². The monoisotopic (exact) mass is 498 g/mol. The number of amides is 2. The summed E-state index contributed by atoms with van der Waals surface area (Å²) in [6.45, 7) is 3.83. The third kappa shape index (κ3) is 6.32. The van der Waals surface area contributed by atoms with Crippen molar-refractivity contribution >= 4 is 33.2 Å². The number of sulfonamides is 1. The quantitative estimate of drug-likeness (QED) is 0.318. The second-order valence-corrected chi connectivity index (χ2v) is 8.94. The molecular weight excluding hydrogens is 476 g/mol. The zero-order valence-corrected chi connectivity index (χ0v) is 19.6. The van der Waals surface area contributed by atoms with Gasteiger partial charge in [-0.3, -0.25) is 35.3 Å². The first kappa shape index (κ1) is 25.2. The third-order valence-electron chi connectivity index (χ3n) is 4.80. The molecule has 12 heteroatoms. The van der Waals surface area contributed by atoms with E-state index in [1.165, 1.54) is 48.5 Å². The van der Waals surface area contributed by atoms with Gasteiger partial charge in [-0.2, -0.15) is 0 Å². The summed E-state index contributed by atoms with van der Waals surface area (Å²) in [5.41, 5.74) is 4.95. The number of nitrogens with zero attached hydrogens (tertiary/aromatic N) is 1. The van der Waals surface area contributed by atoms with Crippen molar-refractivity contribution < 1.29 is 27.7 Å². The van der Waals surface area contributed by atoms with E-state index in [2.05, 4.69) is 15.6 Å². The molecule has 0 radical (unpaired) electrons. The van der Waals surface area contributed by atoms with Gasteiger partial charge in [-0.1, -0.05) is 6.07 Å². The molecule has 0 saturated heterocycles. The number of nitro benzene ring substituents is 1. The number of aryl methyl sites for hydroxylation is 1. The number of hydrazine groups is 1. The number of ether oxygens (including phenoxy) is 1. The molecule has 35 heavy (non-hydrogen) atoms. The van der Waals surface area contributed by atoms with Gasteiger partial charge in [0.25, 0.3) is 27.5 Å². The van der Waals surface area contributed by atoms with E-state index in [0.717, 1.165) is 6.07 Å². The summed E-state index contributed by atoms with van der Waals surface area (Å²) in [6.07, 6.45) is 0. The van der Waals surface area contributed by atoms with Crippen molar-refractivity contribution in [3.63, 3.8) is 0 Å². The Morgan fingerprint density at radius 3 is 2.06 bits per heavy atom. The van der Waals surface area contributed by atoms with E-state index in [9.17, 15) is 28.1 Å². The van der Waals surface area contributed by atoms with E-state index in [1.54, 1.807) is 19.1 Å². The van der Waals surface area contributed by atoms with Crippen molar-refractivity contribution in [1.82, 2.24) is 10.9 Å². The molecule has 0 aliphatic carbocycles. The fourth-order valence-electron chi connectivity index (χ4n) is 2.99. The lowest BCUT2D eigenvalue weighted by atomic mass is 10.1. The number of carbonyl (C=O) groups excluding carboxylic acids is 2. The molecule has 11 nitrogen and oxygen atoms in total. The molecule has 0 spiro atoms. The SMILES string of the molecule is CCOc1ccc(S(=O)(=O)Nc2ccc(C(=O)NNC(=O)c3ccc(C)c([N+](=O)[O-])c3)cc2)cc1. The second kappa shape index (κ2) is 10.7. The van der Waals surface area contributed by atoms with Crippen molar-refractivity contribution in [3.8, 4) is 5.75 Å². The van der Waals surface area contributed by atoms with E-state index in [0.29, 0.717) is 17.9 Å². The van der Waals surface area contributed by atoms with Crippen LogP contribution in [0.25, 0.3) is 0 Å². The zero-order valence-electron chi connectivity index (χ0n) is 18.8. The highest BCUT2D eigenvalue weighted by Gasteiger charge is 2.17. The lowest BCUT2D eigenvalue weighted by molar-refractivity contribution is -0.385. The standard InChI is InChI=1S/C23H22N4O7S/c1-3-34-19-10-12-20(13-11-19)35(32,33)26-18-8-6-16(7-9-18)22(28)24-25-23(29)17-5-4-15(2)21(14-17)27(30)31/h4-14,26H,3H2,1-2H3,(H,24,28)(H,25,29). The number of hydrogen-bond acceptors (Lipinski definition) is 7. The molecule has 0 aromatic heterocycles. The third-order valence-corrected chi connectivity index (χ3v) is 6.20. The number of benzene rings is 3. The molecule has 3 aromatic rings. The molecule has 0 bridgehead atoms. The normalized spacial score (nSPS) is 10.8. The van der Waals surface area contributed by atoms with Crippen LogP contribution in [0.1, 0.15) is 33.2 Å². The van der Waals surface area contributed by atoms with Crippen molar-refractivity contribution in [1.29, 1.82) is 0 Å². The maximum absolute atomic E-state index is 12.6. The van der Waals surface area contributed by atoms with Crippen molar-refractivity contribution in [2.45, 2.75) is 18.7 Å². The number of anilines is 1. The largest absolute Gasteiger partial charge is 0.494 e. The second-order valence-electron chi connectivity index (χ2n) is 7.25. The maximum Gasteiger partial charge on any atom is 0.273 e. The van der Waals surface area contributed by atoms with Crippen LogP contribution in [-0.2, 0) is 10.0 Å². The Balaban J connectivity index is 1.61. The molecule has 0 unspecified atom stereocenters. The summed E-state index contributed by atoms with van der Waals surface area (Å²) in [5, 5.41) is 11.0. The van der Waals surface area contributed by atoms with Gasteiger partial charge in [0.2, 0.25) is 0 Å². The predicted molar refractivity (Wildman–Crippen MR) is 128 cm³/mol. The van der Waals surface area contributed by atoms with Crippen molar-refractivity contribution in [3.05, 3.63) is 93.5 Å². The highest BCUT2D eigenvalue weighted by molar-refractivity contribution is 7.92. The number of nitrogens with one attached hydrogen (secondary N) is 3. The minimum absolute atomic E-state index is 0.00152. The topological polar surface area (TPSA) is 157 Å². The molecular formula is C23H22N4O7S. The first-order valence-corrected chi connectivity index (χ1v) is 11.8. The molecule has 0 aliphatic heterocycles. The Bertz CT molecular complexity index is 1360. The van der Waals surface area contributed by atoms with E-state index in [4.69, 9.17) is 4.74 Å². The number of nitro groups is 1. The number of rotatable bonds is 8. The minimum Gasteiger partial charge on any atom is -0.494 e. The van der Waals surface area contributed by atoms with Crippen LogP contribution in [0.3, 0.4) is 0 Å². The van der Waals surface area contributed by atoms with Gasteiger partial charge in [-0.25, -0.2) is 8.42 Å². The average molecular weight is 499 g/mol. The molecule has 0 atom stereocenters. The van der Waals surface area contributed by atoms with Crippen LogP contribution in [0.5, 0.6) is 5.75 Å². The Morgan fingerprint density at radius 2 is 1.49 bits per heavy atom. The van der Waals surface area contributed by atoms with E-state index in [1.807, 2.05) is 6.92 Å². The lowest BCUT2D eigenvalue weighted by Crippen LogP contribution is -2.41. The Morgan fingerprint density at radius 1 is 0.914 bits per heavy atom. The molecule has 3 N–H and O–H groups in total. The van der Waals surface area contributed by atoms with Crippen LogP contribution in [0.2, 0.25) is 0 Å². The fourth-order valence-corrected chi connectivity index (χ4v) is 4.05. The van der Waals surface area contributed by atoms with Crippen LogP contribution in [0.4, 0.5) is 11.4 Å². The van der Waals surface area contributed by atoms with Gasteiger partial charge in [0, 0.05) is 28.4 Å². The van der Waals surface area contributed by atoms with E-state index < -0.39 is 26.8 Å². The summed E-state index contributed by atoms with van der Waals surface area (Å²) < 4.78 is 32.9. The minimum atomic E-state index is -3.85. The lowest BCUT2D eigenvalue weighted by Gasteiger charge is -2.10. The average Bonchev–Trinajstić information content (AvgIpc) is 2.83.